The lowest BCUT2D eigenvalue weighted by Crippen LogP contribution is -2.18. The number of anilines is 1. The molecule has 0 aliphatic rings. The van der Waals surface area contributed by atoms with E-state index in [9.17, 15) is 13.2 Å². The zero-order valence-electron chi connectivity index (χ0n) is 18.4. The lowest BCUT2D eigenvalue weighted by Gasteiger charge is -2.15. The second-order valence-corrected chi connectivity index (χ2v) is 9.49. The van der Waals surface area contributed by atoms with Gasteiger partial charge in [0.1, 0.15) is 11.6 Å². The molecule has 0 spiro atoms. The molecule has 0 saturated carbocycles. The Hall–Kier alpha value is -3.13. The summed E-state index contributed by atoms with van der Waals surface area (Å²) in [5, 5.41) is 0. The Labute approximate surface area is 182 Å². The standard InChI is InChI=1S/C23H27N3O4S/c1-6-10-31(28,29)25-20-12-18(19-11-17(4)23(27)26(5)14-19)13-21(24-20)30-22-15(2)8-7-9-16(22)3/h7-9,11-14H,6,10H2,1-5H3,(H,24,25). The summed E-state index contributed by atoms with van der Waals surface area (Å²) in [5.74, 6) is 1.09. The van der Waals surface area contributed by atoms with Crippen molar-refractivity contribution in [2.24, 2.45) is 7.05 Å². The number of rotatable bonds is 7. The molecular weight excluding hydrogens is 414 g/mol. The van der Waals surface area contributed by atoms with E-state index in [1.807, 2.05) is 32.0 Å². The van der Waals surface area contributed by atoms with E-state index in [2.05, 4.69) is 9.71 Å². The van der Waals surface area contributed by atoms with Crippen molar-refractivity contribution >= 4 is 15.8 Å². The van der Waals surface area contributed by atoms with Crippen molar-refractivity contribution in [2.45, 2.75) is 34.1 Å². The number of nitrogens with zero attached hydrogens (tertiary/aromatic N) is 2. The van der Waals surface area contributed by atoms with Crippen LogP contribution in [-0.4, -0.2) is 23.7 Å². The second-order valence-electron chi connectivity index (χ2n) is 7.65. The number of hydrogen-bond acceptors (Lipinski definition) is 5. The SMILES string of the molecule is CCCS(=O)(=O)Nc1cc(-c2cc(C)c(=O)n(C)c2)cc(Oc2c(C)cccc2C)n1. The van der Waals surface area contributed by atoms with Gasteiger partial charge in [0.25, 0.3) is 5.56 Å². The number of benzene rings is 1. The van der Waals surface area contributed by atoms with Gasteiger partial charge in [-0.1, -0.05) is 25.1 Å². The van der Waals surface area contributed by atoms with Crippen LogP contribution in [-0.2, 0) is 17.1 Å². The largest absolute Gasteiger partial charge is 0.438 e. The van der Waals surface area contributed by atoms with Crippen LogP contribution in [0.1, 0.15) is 30.0 Å². The molecule has 2 aromatic heterocycles. The van der Waals surface area contributed by atoms with E-state index in [0.29, 0.717) is 23.3 Å². The number of nitrogens with one attached hydrogen (secondary N) is 1. The minimum absolute atomic E-state index is 0.00898. The van der Waals surface area contributed by atoms with Crippen molar-refractivity contribution < 1.29 is 13.2 Å². The molecule has 0 atom stereocenters. The van der Waals surface area contributed by atoms with Crippen molar-refractivity contribution in [1.29, 1.82) is 0 Å². The normalized spacial score (nSPS) is 11.4. The molecule has 0 amide bonds. The topological polar surface area (TPSA) is 90.3 Å². The summed E-state index contributed by atoms with van der Waals surface area (Å²) in [4.78, 5) is 16.5. The molecule has 31 heavy (non-hydrogen) atoms. The van der Waals surface area contributed by atoms with Crippen molar-refractivity contribution in [3.05, 3.63) is 69.6 Å². The maximum absolute atomic E-state index is 12.3. The van der Waals surface area contributed by atoms with E-state index < -0.39 is 10.0 Å². The average Bonchev–Trinajstić information content (AvgIpc) is 2.68. The van der Waals surface area contributed by atoms with Crippen molar-refractivity contribution in [1.82, 2.24) is 9.55 Å². The third-order valence-corrected chi connectivity index (χ3v) is 6.31. The smallest absolute Gasteiger partial charge is 0.253 e. The summed E-state index contributed by atoms with van der Waals surface area (Å²) in [6, 6.07) is 11.0. The van der Waals surface area contributed by atoms with Crippen LogP contribution in [0.5, 0.6) is 11.6 Å². The Morgan fingerprint density at radius 3 is 2.32 bits per heavy atom. The van der Waals surface area contributed by atoms with E-state index in [1.165, 1.54) is 4.57 Å². The molecule has 0 fully saturated rings. The Morgan fingerprint density at radius 2 is 1.71 bits per heavy atom. The predicted octanol–water partition coefficient (Wildman–Crippen LogP) is 4.32. The highest BCUT2D eigenvalue weighted by atomic mass is 32.2. The summed E-state index contributed by atoms with van der Waals surface area (Å²) in [6.07, 6.45) is 2.19. The summed E-state index contributed by atoms with van der Waals surface area (Å²) < 4.78 is 34.8. The highest BCUT2D eigenvalue weighted by molar-refractivity contribution is 7.92. The molecule has 1 aromatic carbocycles. The van der Waals surface area contributed by atoms with Gasteiger partial charge in [0.05, 0.1) is 5.75 Å². The molecule has 164 valence electrons. The molecule has 0 saturated heterocycles. The Bertz CT molecular complexity index is 1230. The van der Waals surface area contributed by atoms with Crippen LogP contribution < -0.4 is 15.0 Å². The zero-order valence-corrected chi connectivity index (χ0v) is 19.2. The van der Waals surface area contributed by atoms with Crippen LogP contribution in [0.25, 0.3) is 11.1 Å². The quantitative estimate of drug-likeness (QED) is 0.590. The van der Waals surface area contributed by atoms with Gasteiger partial charge in [0.2, 0.25) is 15.9 Å². The second kappa shape index (κ2) is 8.93. The number of aromatic nitrogens is 2. The van der Waals surface area contributed by atoms with E-state index >= 15 is 0 Å². The number of para-hydroxylation sites is 1. The van der Waals surface area contributed by atoms with Gasteiger partial charge in [-0.05, 0) is 61.6 Å². The van der Waals surface area contributed by atoms with E-state index in [1.54, 1.807) is 45.3 Å². The van der Waals surface area contributed by atoms with Crippen LogP contribution in [0.4, 0.5) is 5.82 Å². The van der Waals surface area contributed by atoms with Crippen molar-refractivity contribution in [2.75, 3.05) is 10.5 Å². The summed E-state index contributed by atoms with van der Waals surface area (Å²) >= 11 is 0. The molecule has 2 heterocycles. The van der Waals surface area contributed by atoms with Crippen LogP contribution in [0.15, 0.2) is 47.4 Å². The number of aryl methyl sites for hydroxylation is 4. The lowest BCUT2D eigenvalue weighted by atomic mass is 10.1. The third kappa shape index (κ3) is 5.32. The first-order chi connectivity index (χ1) is 14.6. The van der Waals surface area contributed by atoms with Crippen LogP contribution >= 0.6 is 0 Å². The molecule has 0 radical (unpaired) electrons. The van der Waals surface area contributed by atoms with Gasteiger partial charge in [-0.2, -0.15) is 4.98 Å². The first kappa shape index (κ1) is 22.6. The van der Waals surface area contributed by atoms with Gasteiger partial charge in [-0.3, -0.25) is 9.52 Å². The van der Waals surface area contributed by atoms with E-state index in [0.717, 1.165) is 16.7 Å². The van der Waals surface area contributed by atoms with Crippen LogP contribution in [0.3, 0.4) is 0 Å². The maximum atomic E-state index is 12.3. The number of hydrogen-bond donors (Lipinski definition) is 1. The van der Waals surface area contributed by atoms with Gasteiger partial charge in [0, 0.05) is 24.9 Å². The van der Waals surface area contributed by atoms with Gasteiger partial charge in [0.15, 0.2) is 0 Å². The van der Waals surface area contributed by atoms with Gasteiger partial charge < -0.3 is 9.30 Å². The predicted molar refractivity (Wildman–Crippen MR) is 123 cm³/mol. The molecule has 8 heteroatoms. The first-order valence-corrected chi connectivity index (χ1v) is 11.7. The molecular formula is C23H27N3O4S. The highest BCUT2D eigenvalue weighted by Crippen LogP contribution is 2.32. The zero-order chi connectivity index (χ0) is 22.8. The minimum atomic E-state index is -3.54. The van der Waals surface area contributed by atoms with E-state index in [4.69, 9.17) is 4.74 Å². The number of ether oxygens (including phenoxy) is 1. The fourth-order valence-corrected chi connectivity index (χ4v) is 4.42. The van der Waals surface area contributed by atoms with Crippen LogP contribution in [0.2, 0.25) is 0 Å². The molecule has 0 bridgehead atoms. The van der Waals surface area contributed by atoms with Crippen molar-refractivity contribution in [3.8, 4) is 22.8 Å². The summed E-state index contributed by atoms with van der Waals surface area (Å²) in [5.41, 5.74) is 3.82. The number of pyridine rings is 2. The summed E-state index contributed by atoms with van der Waals surface area (Å²) in [7, 11) is -1.86. The Morgan fingerprint density at radius 1 is 1.03 bits per heavy atom. The van der Waals surface area contributed by atoms with Gasteiger partial charge >= 0.3 is 0 Å². The highest BCUT2D eigenvalue weighted by Gasteiger charge is 2.15. The Kier molecular flexibility index (Phi) is 6.50. The summed E-state index contributed by atoms with van der Waals surface area (Å²) in [6.45, 7) is 7.42. The van der Waals surface area contributed by atoms with Gasteiger partial charge in [-0.25, -0.2) is 8.42 Å². The van der Waals surface area contributed by atoms with Gasteiger partial charge in [-0.15, -0.1) is 0 Å². The Balaban J connectivity index is 2.13. The molecule has 3 aromatic rings. The molecule has 1 N–H and O–H groups in total. The maximum Gasteiger partial charge on any atom is 0.253 e. The van der Waals surface area contributed by atoms with E-state index in [-0.39, 0.29) is 23.0 Å². The fraction of sp³-hybridized carbons (Fsp3) is 0.304. The monoisotopic (exact) mass is 441 g/mol. The molecule has 0 aliphatic carbocycles. The van der Waals surface area contributed by atoms with Crippen LogP contribution in [0, 0.1) is 20.8 Å². The first-order valence-electron chi connectivity index (χ1n) is 10.0. The molecule has 7 nitrogen and oxygen atoms in total. The number of sulfonamides is 1. The fourth-order valence-electron chi connectivity index (χ4n) is 3.36. The minimum Gasteiger partial charge on any atom is -0.438 e. The van der Waals surface area contributed by atoms with Crippen molar-refractivity contribution in [3.63, 3.8) is 0 Å². The lowest BCUT2D eigenvalue weighted by molar-refractivity contribution is 0.457. The average molecular weight is 442 g/mol. The molecule has 0 unspecified atom stereocenters. The molecule has 0 aliphatic heterocycles. The molecule has 3 rings (SSSR count). The third-order valence-electron chi connectivity index (χ3n) is 4.85.